The van der Waals surface area contributed by atoms with Gasteiger partial charge in [0.25, 0.3) is 0 Å². The average molecular weight is 798 g/mol. The van der Waals surface area contributed by atoms with Gasteiger partial charge in [0, 0.05) is 67.7 Å². The lowest BCUT2D eigenvalue weighted by atomic mass is 9.95. The fraction of sp³-hybridized carbons (Fsp3) is 0.0877. The zero-order valence-electron chi connectivity index (χ0n) is 34.4. The number of nitrogens with zero attached hydrogens (tertiary/aromatic N) is 4. The standard InChI is InChI=1S/C57H43N5/c1-37-16-11-12-35-59(39-19-3-2-4-20-39)49-32-33-50-54(53(37)49)44-24-6-9-27-47(44)60(50)40-21-14-22-41(36-40)61-46-26-8-5-23-42(46)43-30-31-51-55(57(43)61)45-25-7-10-28-48(45)62(51)52-29-13-17-38-18-15-34-58-56(38)52/h2-3,5-14,16-17,19,21-33,35-36,58H,1,4,15,18,20,34H2/b16-11-,35-12-. The first kappa shape index (κ1) is 35.0. The van der Waals surface area contributed by atoms with Crippen LogP contribution in [0.15, 0.2) is 194 Å². The monoisotopic (exact) mass is 797 g/mol. The number of benzene rings is 7. The molecule has 0 spiro atoms. The molecule has 3 aromatic heterocycles. The molecule has 0 saturated heterocycles. The van der Waals surface area contributed by atoms with E-state index in [1.54, 1.807) is 0 Å². The van der Waals surface area contributed by atoms with E-state index in [0.29, 0.717) is 0 Å². The second-order valence-electron chi connectivity index (χ2n) is 16.8. The quantitative estimate of drug-likeness (QED) is 0.192. The molecule has 5 nitrogen and oxygen atoms in total. The highest BCUT2D eigenvalue weighted by atomic mass is 15.1. The number of anilines is 2. The minimum atomic E-state index is 0.988. The van der Waals surface area contributed by atoms with Crippen LogP contribution in [0.25, 0.3) is 88.1 Å². The molecule has 0 fully saturated rings. The number of nitrogens with one attached hydrogen (secondary N) is 1. The number of aromatic nitrogens is 3. The van der Waals surface area contributed by atoms with Gasteiger partial charge in [0.2, 0.25) is 0 Å². The molecule has 3 aliphatic rings. The van der Waals surface area contributed by atoms with Crippen molar-refractivity contribution in [1.29, 1.82) is 0 Å². The van der Waals surface area contributed by atoms with Gasteiger partial charge in [0.15, 0.2) is 0 Å². The molecular weight excluding hydrogens is 755 g/mol. The summed E-state index contributed by atoms with van der Waals surface area (Å²) in [5.41, 5.74) is 17.8. The highest BCUT2D eigenvalue weighted by Gasteiger charge is 2.26. The molecule has 2 aliphatic heterocycles. The number of rotatable bonds is 4. The highest BCUT2D eigenvalue weighted by molar-refractivity contribution is 6.26. The van der Waals surface area contributed by atoms with Crippen molar-refractivity contribution in [3.63, 3.8) is 0 Å². The Balaban J connectivity index is 1.08. The molecule has 5 heterocycles. The second kappa shape index (κ2) is 13.6. The average Bonchev–Trinajstić information content (AvgIpc) is 3.96. The molecular formula is C57H43N5. The zero-order valence-corrected chi connectivity index (χ0v) is 34.4. The van der Waals surface area contributed by atoms with Crippen LogP contribution in [-0.4, -0.2) is 20.2 Å². The van der Waals surface area contributed by atoms with Gasteiger partial charge < -0.3 is 23.9 Å². The fourth-order valence-corrected chi connectivity index (χ4v) is 10.9. The maximum absolute atomic E-state index is 4.67. The number of aryl methyl sites for hydroxylation is 1. The van der Waals surface area contributed by atoms with E-state index < -0.39 is 0 Å². The lowest BCUT2D eigenvalue weighted by Gasteiger charge is -2.28. The Hall–Kier alpha value is -7.76. The largest absolute Gasteiger partial charge is 0.383 e. The summed E-state index contributed by atoms with van der Waals surface area (Å²) >= 11 is 0. The van der Waals surface area contributed by atoms with Gasteiger partial charge >= 0.3 is 0 Å². The van der Waals surface area contributed by atoms with Crippen LogP contribution >= 0.6 is 0 Å². The van der Waals surface area contributed by atoms with E-state index in [0.717, 1.165) is 60.4 Å². The van der Waals surface area contributed by atoms with E-state index in [-0.39, 0.29) is 0 Å². The van der Waals surface area contributed by atoms with E-state index in [1.807, 2.05) is 0 Å². The summed E-state index contributed by atoms with van der Waals surface area (Å²) in [6, 6.07) is 51.9. The first-order valence-corrected chi connectivity index (χ1v) is 21.9. The SMILES string of the molecule is C=C1/C=C\C=C/N(C2=CC=CCC2)c2ccc3c(c21)c1ccccc1n3-c1cccc(-n2c3ccccc3c3ccc4c(c5ccccc5n4-c4cccc5c4NCCC5)c32)c1. The van der Waals surface area contributed by atoms with Gasteiger partial charge in [-0.2, -0.15) is 0 Å². The van der Waals surface area contributed by atoms with Crippen molar-refractivity contribution >= 4 is 82.4 Å². The molecule has 0 saturated carbocycles. The summed E-state index contributed by atoms with van der Waals surface area (Å²) in [6.45, 7) is 5.66. The summed E-state index contributed by atoms with van der Waals surface area (Å²) in [4.78, 5) is 2.36. The summed E-state index contributed by atoms with van der Waals surface area (Å²) in [5, 5.41) is 11.2. The Kier molecular flexibility index (Phi) is 7.70. The van der Waals surface area contributed by atoms with E-state index in [4.69, 9.17) is 0 Å². The molecule has 0 bridgehead atoms. The van der Waals surface area contributed by atoms with Crippen molar-refractivity contribution in [3.05, 3.63) is 206 Å². The van der Waals surface area contributed by atoms with Gasteiger partial charge in [0.05, 0.1) is 50.2 Å². The smallest absolute Gasteiger partial charge is 0.0696 e. The predicted molar refractivity (Wildman–Crippen MR) is 263 cm³/mol. The van der Waals surface area contributed by atoms with Gasteiger partial charge in [-0.1, -0.05) is 110 Å². The molecule has 1 N–H and O–H groups in total. The molecule has 5 heteroatoms. The minimum absolute atomic E-state index is 0.988. The molecule has 0 radical (unpaired) electrons. The number of para-hydroxylation sites is 4. The van der Waals surface area contributed by atoms with Crippen LogP contribution in [-0.2, 0) is 6.42 Å². The van der Waals surface area contributed by atoms with Crippen LogP contribution in [0.5, 0.6) is 0 Å². The van der Waals surface area contributed by atoms with Crippen molar-refractivity contribution in [2.75, 3.05) is 16.8 Å². The number of hydrogen-bond donors (Lipinski definition) is 1. The van der Waals surface area contributed by atoms with E-state index in [1.165, 1.54) is 88.1 Å². The molecule has 0 atom stereocenters. The fourth-order valence-electron chi connectivity index (χ4n) is 10.9. The molecule has 296 valence electrons. The van der Waals surface area contributed by atoms with Crippen molar-refractivity contribution < 1.29 is 0 Å². The third-order valence-corrected chi connectivity index (χ3v) is 13.5. The minimum Gasteiger partial charge on any atom is -0.383 e. The first-order valence-electron chi connectivity index (χ1n) is 21.9. The number of hydrogen-bond acceptors (Lipinski definition) is 2. The Labute approximate surface area is 359 Å². The summed E-state index contributed by atoms with van der Waals surface area (Å²) in [7, 11) is 0. The topological polar surface area (TPSA) is 30.1 Å². The third kappa shape index (κ3) is 5.02. The van der Waals surface area contributed by atoms with Gasteiger partial charge in [-0.25, -0.2) is 0 Å². The molecule has 10 aromatic rings. The van der Waals surface area contributed by atoms with Gasteiger partial charge in [0.1, 0.15) is 0 Å². The Morgan fingerprint density at radius 1 is 0.532 bits per heavy atom. The Morgan fingerprint density at radius 3 is 2.06 bits per heavy atom. The van der Waals surface area contributed by atoms with Crippen LogP contribution in [0.3, 0.4) is 0 Å². The van der Waals surface area contributed by atoms with E-state index in [9.17, 15) is 0 Å². The molecule has 0 amide bonds. The number of fused-ring (bicyclic) bond motifs is 13. The second-order valence-corrected chi connectivity index (χ2v) is 16.8. The van der Waals surface area contributed by atoms with Crippen molar-refractivity contribution in [3.8, 4) is 17.1 Å². The highest BCUT2D eigenvalue weighted by Crippen LogP contribution is 2.46. The van der Waals surface area contributed by atoms with Crippen LogP contribution in [0, 0.1) is 0 Å². The molecule has 7 aromatic carbocycles. The lowest BCUT2D eigenvalue weighted by Crippen LogP contribution is -2.18. The zero-order chi connectivity index (χ0) is 40.9. The van der Waals surface area contributed by atoms with E-state index in [2.05, 4.69) is 213 Å². The third-order valence-electron chi connectivity index (χ3n) is 13.5. The predicted octanol–water partition coefficient (Wildman–Crippen LogP) is 14.5. The van der Waals surface area contributed by atoms with Crippen LogP contribution in [0.1, 0.15) is 30.4 Å². The van der Waals surface area contributed by atoms with Crippen molar-refractivity contribution in [2.45, 2.75) is 25.7 Å². The Morgan fingerprint density at radius 2 is 1.24 bits per heavy atom. The van der Waals surface area contributed by atoms with Crippen molar-refractivity contribution in [2.24, 2.45) is 0 Å². The van der Waals surface area contributed by atoms with Gasteiger partial charge in [-0.05, 0) is 110 Å². The Bertz CT molecular complexity index is 3670. The molecule has 13 rings (SSSR count). The molecule has 0 unspecified atom stereocenters. The summed E-state index contributed by atoms with van der Waals surface area (Å²) < 4.78 is 7.46. The summed E-state index contributed by atoms with van der Waals surface area (Å²) in [5.74, 6) is 0. The lowest BCUT2D eigenvalue weighted by molar-refractivity contribution is 0.827. The van der Waals surface area contributed by atoms with Crippen LogP contribution < -0.4 is 10.2 Å². The number of allylic oxidation sites excluding steroid dienone is 8. The van der Waals surface area contributed by atoms with Crippen LogP contribution in [0.2, 0.25) is 0 Å². The normalized spacial score (nSPS) is 16.2. The van der Waals surface area contributed by atoms with E-state index >= 15 is 0 Å². The first-order chi connectivity index (χ1) is 30.7. The maximum atomic E-state index is 4.67. The van der Waals surface area contributed by atoms with Crippen LogP contribution in [0.4, 0.5) is 11.4 Å². The van der Waals surface area contributed by atoms with Crippen molar-refractivity contribution in [1.82, 2.24) is 13.7 Å². The summed E-state index contributed by atoms with van der Waals surface area (Å²) in [6.07, 6.45) is 19.5. The van der Waals surface area contributed by atoms with Gasteiger partial charge in [-0.15, -0.1) is 0 Å². The van der Waals surface area contributed by atoms with Gasteiger partial charge in [-0.3, -0.25) is 0 Å². The molecule has 1 aliphatic carbocycles. The maximum Gasteiger partial charge on any atom is 0.0696 e. The molecule has 62 heavy (non-hydrogen) atoms.